The van der Waals surface area contributed by atoms with Crippen LogP contribution < -0.4 is 4.90 Å². The average molecular weight is 831 g/mol. The van der Waals surface area contributed by atoms with E-state index >= 15 is 0 Å². The summed E-state index contributed by atoms with van der Waals surface area (Å²) >= 11 is 1.90. The average Bonchev–Trinajstić information content (AvgIpc) is 4.09. The summed E-state index contributed by atoms with van der Waals surface area (Å²) in [5.41, 5.74) is 19.4. The number of nitrogens with zero attached hydrogens (tertiary/aromatic N) is 2. The van der Waals surface area contributed by atoms with Crippen molar-refractivity contribution >= 4 is 70.4 Å². The zero-order valence-corrected chi connectivity index (χ0v) is 35.6. The standard InChI is InChI=1S/C61H38N2S/c1-3-17-39(18-4-1)40-33-35-42(36-34-40)63(52-29-15-28-51-57(52)47-24-9-13-27-50(47)61(51)48-25-11-7-21-43(48)44-22-8-12-26-49(44)61)54-31-16-30-53-58(54)59-55(62(53)41-19-5-2-6-20-41)38-37-46-45-23-10-14-32-56(45)64-60(46)59/h1-38H. The zero-order chi connectivity index (χ0) is 41.9. The first kappa shape index (κ1) is 35.6. The maximum Gasteiger partial charge on any atom is 0.0726 e. The smallest absolute Gasteiger partial charge is 0.0726 e. The van der Waals surface area contributed by atoms with Crippen molar-refractivity contribution in [3.8, 4) is 39.1 Å². The number of para-hydroxylation sites is 1. The van der Waals surface area contributed by atoms with Gasteiger partial charge in [-0.1, -0.05) is 176 Å². The van der Waals surface area contributed by atoms with Crippen LogP contribution in [0, 0.1) is 0 Å². The summed E-state index contributed by atoms with van der Waals surface area (Å²) in [5.74, 6) is 0. The van der Waals surface area contributed by atoms with E-state index in [1.54, 1.807) is 0 Å². The van der Waals surface area contributed by atoms with Gasteiger partial charge in [-0.05, 0) is 105 Å². The van der Waals surface area contributed by atoms with Crippen LogP contribution in [0.3, 0.4) is 0 Å². The van der Waals surface area contributed by atoms with Crippen molar-refractivity contribution in [3.63, 3.8) is 0 Å². The van der Waals surface area contributed by atoms with Crippen molar-refractivity contribution in [2.75, 3.05) is 4.90 Å². The molecule has 0 saturated carbocycles. The van der Waals surface area contributed by atoms with Gasteiger partial charge in [0.2, 0.25) is 0 Å². The van der Waals surface area contributed by atoms with Crippen molar-refractivity contribution in [2.24, 2.45) is 0 Å². The predicted molar refractivity (Wildman–Crippen MR) is 270 cm³/mol. The van der Waals surface area contributed by atoms with Crippen LogP contribution in [0.25, 0.3) is 81.0 Å². The molecule has 2 aliphatic rings. The molecule has 0 bridgehead atoms. The lowest BCUT2D eigenvalue weighted by Gasteiger charge is -2.32. The highest BCUT2D eigenvalue weighted by molar-refractivity contribution is 7.26. The molecule has 0 saturated heterocycles. The van der Waals surface area contributed by atoms with Crippen LogP contribution in [0.2, 0.25) is 0 Å². The van der Waals surface area contributed by atoms with Gasteiger partial charge < -0.3 is 9.47 Å². The number of aromatic nitrogens is 1. The molecule has 0 N–H and O–H groups in total. The van der Waals surface area contributed by atoms with Gasteiger partial charge in [0.05, 0.1) is 27.8 Å². The summed E-state index contributed by atoms with van der Waals surface area (Å²) in [4.78, 5) is 2.57. The third kappa shape index (κ3) is 4.74. The van der Waals surface area contributed by atoms with Crippen molar-refractivity contribution in [1.29, 1.82) is 0 Å². The van der Waals surface area contributed by atoms with E-state index in [1.165, 1.54) is 97.6 Å². The molecule has 1 spiro atoms. The lowest BCUT2D eigenvalue weighted by Crippen LogP contribution is -2.26. The number of hydrogen-bond donors (Lipinski definition) is 0. The van der Waals surface area contributed by atoms with Gasteiger partial charge in [-0.25, -0.2) is 0 Å². The molecule has 0 aliphatic heterocycles. The fraction of sp³-hybridized carbons (Fsp3) is 0.0164. The Balaban J connectivity index is 1.12. The van der Waals surface area contributed by atoms with Gasteiger partial charge in [0, 0.05) is 47.9 Å². The third-order valence-corrected chi connectivity index (χ3v) is 15.2. The Morgan fingerprint density at radius 3 is 1.69 bits per heavy atom. The summed E-state index contributed by atoms with van der Waals surface area (Å²) < 4.78 is 5.09. The molecule has 14 rings (SSSR count). The van der Waals surface area contributed by atoms with E-state index in [0.29, 0.717) is 0 Å². The normalized spacial score (nSPS) is 13.1. The van der Waals surface area contributed by atoms with Crippen LogP contribution in [-0.4, -0.2) is 4.57 Å². The van der Waals surface area contributed by atoms with E-state index in [1.807, 2.05) is 11.3 Å². The molecule has 0 amide bonds. The summed E-state index contributed by atoms with van der Waals surface area (Å²) in [7, 11) is 0. The maximum absolute atomic E-state index is 2.57. The molecule has 2 heterocycles. The first-order chi connectivity index (χ1) is 31.8. The van der Waals surface area contributed by atoms with E-state index in [2.05, 4.69) is 240 Å². The number of anilines is 3. The number of benzene rings is 10. The van der Waals surface area contributed by atoms with E-state index in [9.17, 15) is 0 Å². The highest BCUT2D eigenvalue weighted by Gasteiger charge is 2.52. The molecule has 0 unspecified atom stereocenters. The Kier molecular flexibility index (Phi) is 7.51. The fourth-order valence-electron chi connectivity index (χ4n) is 11.5. The maximum atomic E-state index is 2.57. The molecule has 2 nitrogen and oxygen atoms in total. The second-order valence-corrected chi connectivity index (χ2v) is 18.2. The van der Waals surface area contributed by atoms with Gasteiger partial charge in [0.1, 0.15) is 0 Å². The van der Waals surface area contributed by atoms with E-state index in [4.69, 9.17) is 0 Å². The van der Waals surface area contributed by atoms with Crippen molar-refractivity contribution in [1.82, 2.24) is 4.57 Å². The number of fused-ring (bicyclic) bond motifs is 17. The quantitative estimate of drug-likeness (QED) is 0.168. The van der Waals surface area contributed by atoms with Crippen molar-refractivity contribution in [3.05, 3.63) is 253 Å². The molecule has 64 heavy (non-hydrogen) atoms. The Hall–Kier alpha value is -7.98. The summed E-state index contributed by atoms with van der Waals surface area (Å²) in [6.07, 6.45) is 0. The Morgan fingerprint density at radius 2 is 0.938 bits per heavy atom. The zero-order valence-electron chi connectivity index (χ0n) is 34.7. The van der Waals surface area contributed by atoms with Gasteiger partial charge in [0.15, 0.2) is 0 Å². The Bertz CT molecular complexity index is 3790. The molecule has 2 aliphatic carbocycles. The van der Waals surface area contributed by atoms with Gasteiger partial charge in [-0.3, -0.25) is 0 Å². The van der Waals surface area contributed by atoms with Crippen LogP contribution in [0.5, 0.6) is 0 Å². The molecule has 10 aromatic carbocycles. The highest BCUT2D eigenvalue weighted by Crippen LogP contribution is 2.65. The molecular formula is C61H38N2S. The molecule has 0 fully saturated rings. The molecular weight excluding hydrogens is 793 g/mol. The molecule has 3 heteroatoms. The van der Waals surface area contributed by atoms with Crippen molar-refractivity contribution < 1.29 is 0 Å². The van der Waals surface area contributed by atoms with Crippen LogP contribution in [0.15, 0.2) is 231 Å². The number of thiophene rings is 1. The minimum absolute atomic E-state index is 0.462. The number of rotatable bonds is 5. The van der Waals surface area contributed by atoms with Crippen LogP contribution >= 0.6 is 11.3 Å². The van der Waals surface area contributed by atoms with Crippen LogP contribution in [0.1, 0.15) is 22.3 Å². The first-order valence-corrected chi connectivity index (χ1v) is 22.9. The summed E-state index contributed by atoms with van der Waals surface area (Å²) in [6, 6.07) is 85.7. The minimum Gasteiger partial charge on any atom is -0.309 e. The highest BCUT2D eigenvalue weighted by atomic mass is 32.1. The molecule has 12 aromatic rings. The molecule has 2 aromatic heterocycles. The predicted octanol–water partition coefficient (Wildman–Crippen LogP) is 16.6. The Morgan fingerprint density at radius 1 is 0.375 bits per heavy atom. The molecule has 298 valence electrons. The van der Waals surface area contributed by atoms with Crippen LogP contribution in [-0.2, 0) is 5.41 Å². The summed E-state index contributed by atoms with van der Waals surface area (Å²) in [6.45, 7) is 0. The SMILES string of the molecule is c1ccc(-c2ccc(N(c3cccc4c3-c3ccccc3C43c4ccccc4-c4ccccc43)c3cccc4c3c3c5sc6ccccc6c5ccc3n4-c3ccccc3)cc2)cc1. The van der Waals surface area contributed by atoms with Gasteiger partial charge >= 0.3 is 0 Å². The number of hydrogen-bond acceptors (Lipinski definition) is 2. The largest absolute Gasteiger partial charge is 0.309 e. The van der Waals surface area contributed by atoms with Gasteiger partial charge in [0.25, 0.3) is 0 Å². The second-order valence-electron chi connectivity index (χ2n) is 17.1. The topological polar surface area (TPSA) is 8.17 Å². The van der Waals surface area contributed by atoms with Crippen molar-refractivity contribution in [2.45, 2.75) is 5.41 Å². The Labute approximate surface area is 375 Å². The van der Waals surface area contributed by atoms with Gasteiger partial charge in [-0.15, -0.1) is 11.3 Å². The molecule has 0 atom stereocenters. The lowest BCUT2D eigenvalue weighted by atomic mass is 9.70. The van der Waals surface area contributed by atoms with E-state index in [-0.39, 0.29) is 0 Å². The summed E-state index contributed by atoms with van der Waals surface area (Å²) in [5, 5.41) is 5.11. The first-order valence-electron chi connectivity index (χ1n) is 22.1. The molecule has 0 radical (unpaired) electrons. The van der Waals surface area contributed by atoms with E-state index in [0.717, 1.165) is 22.7 Å². The lowest BCUT2D eigenvalue weighted by molar-refractivity contribution is 0.794. The minimum atomic E-state index is -0.462. The van der Waals surface area contributed by atoms with E-state index < -0.39 is 5.41 Å². The fourth-order valence-corrected chi connectivity index (χ4v) is 12.8. The third-order valence-electron chi connectivity index (χ3n) is 14.0. The van der Waals surface area contributed by atoms with Gasteiger partial charge in [-0.2, -0.15) is 0 Å². The monoisotopic (exact) mass is 830 g/mol. The van der Waals surface area contributed by atoms with Crippen LogP contribution in [0.4, 0.5) is 17.1 Å². The second kappa shape index (κ2) is 13.5.